The van der Waals surface area contributed by atoms with Crippen LogP contribution in [0.1, 0.15) is 28.3 Å². The SMILES string of the molecule is Cc1cccc(CNC(=O)Cc2n[nH]c(Cc3ccc(F)cc3)n2)c1. The highest BCUT2D eigenvalue weighted by atomic mass is 19.1. The highest BCUT2D eigenvalue weighted by Crippen LogP contribution is 2.08. The van der Waals surface area contributed by atoms with E-state index in [4.69, 9.17) is 0 Å². The maximum absolute atomic E-state index is 12.9. The molecule has 3 aromatic rings. The molecule has 0 saturated heterocycles. The summed E-state index contributed by atoms with van der Waals surface area (Å²) in [6.07, 6.45) is 0.629. The van der Waals surface area contributed by atoms with Crippen LogP contribution in [0.25, 0.3) is 0 Å². The Kier molecular flexibility index (Phi) is 5.18. The van der Waals surface area contributed by atoms with Crippen LogP contribution in [0.15, 0.2) is 48.5 Å². The molecule has 0 fully saturated rings. The topological polar surface area (TPSA) is 70.7 Å². The van der Waals surface area contributed by atoms with Crippen LogP contribution in [-0.2, 0) is 24.2 Å². The van der Waals surface area contributed by atoms with Crippen LogP contribution < -0.4 is 5.32 Å². The summed E-state index contributed by atoms with van der Waals surface area (Å²) in [7, 11) is 0. The molecular formula is C19H19FN4O. The quantitative estimate of drug-likeness (QED) is 0.726. The molecule has 25 heavy (non-hydrogen) atoms. The minimum atomic E-state index is -0.271. The molecule has 1 amide bonds. The average Bonchev–Trinajstić information content (AvgIpc) is 3.02. The number of nitrogens with zero attached hydrogens (tertiary/aromatic N) is 2. The van der Waals surface area contributed by atoms with Crippen LogP contribution in [0, 0.1) is 12.7 Å². The summed E-state index contributed by atoms with van der Waals surface area (Å²) in [5.41, 5.74) is 3.14. The Morgan fingerprint density at radius 2 is 1.96 bits per heavy atom. The molecule has 0 spiro atoms. The summed E-state index contributed by atoms with van der Waals surface area (Å²) in [5.74, 6) is 0.688. The molecule has 1 aromatic heterocycles. The zero-order chi connectivity index (χ0) is 17.6. The van der Waals surface area contributed by atoms with Gasteiger partial charge in [0.05, 0.1) is 6.42 Å². The predicted molar refractivity (Wildman–Crippen MR) is 92.3 cm³/mol. The monoisotopic (exact) mass is 338 g/mol. The van der Waals surface area contributed by atoms with Gasteiger partial charge in [-0.05, 0) is 30.2 Å². The van der Waals surface area contributed by atoms with Crippen molar-refractivity contribution >= 4 is 5.91 Å². The van der Waals surface area contributed by atoms with Crippen molar-refractivity contribution in [3.63, 3.8) is 0 Å². The maximum Gasteiger partial charge on any atom is 0.228 e. The van der Waals surface area contributed by atoms with Gasteiger partial charge in [0.1, 0.15) is 11.6 Å². The molecule has 0 unspecified atom stereocenters. The number of carbonyl (C=O) groups is 1. The second kappa shape index (κ2) is 7.70. The third kappa shape index (κ3) is 4.97. The summed E-state index contributed by atoms with van der Waals surface area (Å²) in [5, 5.41) is 9.75. The summed E-state index contributed by atoms with van der Waals surface area (Å²) in [6.45, 7) is 2.50. The van der Waals surface area contributed by atoms with Crippen LogP contribution in [0.4, 0.5) is 4.39 Å². The van der Waals surface area contributed by atoms with E-state index in [1.54, 1.807) is 12.1 Å². The Balaban J connectivity index is 1.52. The molecule has 2 N–H and O–H groups in total. The molecule has 0 aliphatic carbocycles. The fourth-order valence-electron chi connectivity index (χ4n) is 2.52. The predicted octanol–water partition coefficient (Wildman–Crippen LogP) is 2.70. The van der Waals surface area contributed by atoms with Crippen LogP contribution >= 0.6 is 0 Å². The number of halogens is 1. The first kappa shape index (κ1) is 16.8. The molecule has 0 aliphatic heterocycles. The van der Waals surface area contributed by atoms with Gasteiger partial charge in [-0.2, -0.15) is 5.10 Å². The minimum absolute atomic E-state index is 0.117. The number of benzene rings is 2. The van der Waals surface area contributed by atoms with Gasteiger partial charge in [0, 0.05) is 13.0 Å². The highest BCUT2D eigenvalue weighted by Gasteiger charge is 2.09. The van der Waals surface area contributed by atoms with E-state index in [2.05, 4.69) is 20.5 Å². The van der Waals surface area contributed by atoms with Crippen molar-refractivity contribution in [3.8, 4) is 0 Å². The van der Waals surface area contributed by atoms with Crippen molar-refractivity contribution in [2.45, 2.75) is 26.3 Å². The molecule has 5 nitrogen and oxygen atoms in total. The zero-order valence-corrected chi connectivity index (χ0v) is 13.9. The largest absolute Gasteiger partial charge is 0.352 e. The van der Waals surface area contributed by atoms with Gasteiger partial charge in [0.15, 0.2) is 5.82 Å². The molecule has 3 rings (SSSR count). The molecule has 2 aromatic carbocycles. The van der Waals surface area contributed by atoms with Crippen molar-refractivity contribution in [1.82, 2.24) is 20.5 Å². The van der Waals surface area contributed by atoms with Gasteiger partial charge in [-0.3, -0.25) is 9.89 Å². The van der Waals surface area contributed by atoms with E-state index in [9.17, 15) is 9.18 Å². The summed E-state index contributed by atoms with van der Waals surface area (Å²) in [6, 6.07) is 14.2. The third-order valence-corrected chi connectivity index (χ3v) is 3.75. The second-order valence-electron chi connectivity index (χ2n) is 5.94. The lowest BCUT2D eigenvalue weighted by Crippen LogP contribution is -2.25. The van der Waals surface area contributed by atoms with E-state index in [0.717, 1.165) is 16.7 Å². The number of aromatic nitrogens is 3. The molecule has 6 heteroatoms. The number of hydrogen-bond donors (Lipinski definition) is 2. The van der Waals surface area contributed by atoms with E-state index in [1.165, 1.54) is 12.1 Å². The fraction of sp³-hybridized carbons (Fsp3) is 0.211. The van der Waals surface area contributed by atoms with Crippen molar-refractivity contribution in [1.29, 1.82) is 0 Å². The van der Waals surface area contributed by atoms with Gasteiger partial charge in [0.2, 0.25) is 5.91 Å². The fourth-order valence-corrected chi connectivity index (χ4v) is 2.52. The summed E-state index contributed by atoms with van der Waals surface area (Å²) < 4.78 is 12.9. The number of rotatable bonds is 6. The lowest BCUT2D eigenvalue weighted by atomic mass is 10.1. The zero-order valence-electron chi connectivity index (χ0n) is 13.9. The smallest absolute Gasteiger partial charge is 0.228 e. The van der Waals surface area contributed by atoms with E-state index in [1.807, 2.05) is 31.2 Å². The van der Waals surface area contributed by atoms with E-state index >= 15 is 0 Å². The van der Waals surface area contributed by atoms with Crippen LogP contribution in [0.3, 0.4) is 0 Å². The highest BCUT2D eigenvalue weighted by molar-refractivity contribution is 5.77. The normalized spacial score (nSPS) is 10.6. The lowest BCUT2D eigenvalue weighted by molar-refractivity contribution is -0.120. The van der Waals surface area contributed by atoms with Crippen molar-refractivity contribution in [2.75, 3.05) is 0 Å². The molecule has 0 aliphatic rings. The number of aromatic amines is 1. The van der Waals surface area contributed by atoms with E-state index in [-0.39, 0.29) is 18.1 Å². The molecular weight excluding hydrogens is 319 g/mol. The first-order chi connectivity index (χ1) is 12.1. The minimum Gasteiger partial charge on any atom is -0.352 e. The standard InChI is InChI=1S/C19H19FN4O/c1-13-3-2-4-15(9-13)12-21-19(25)11-18-22-17(23-24-18)10-14-5-7-16(20)8-6-14/h2-9H,10-12H2,1H3,(H,21,25)(H,22,23,24). The molecule has 128 valence electrons. The van der Waals surface area contributed by atoms with Gasteiger partial charge in [0.25, 0.3) is 0 Å². The molecule has 0 radical (unpaired) electrons. The van der Waals surface area contributed by atoms with Crippen LogP contribution in [-0.4, -0.2) is 21.1 Å². The Bertz CT molecular complexity index is 858. The number of H-pyrrole nitrogens is 1. The number of hydrogen-bond acceptors (Lipinski definition) is 3. The Morgan fingerprint density at radius 3 is 2.72 bits per heavy atom. The first-order valence-electron chi connectivity index (χ1n) is 8.05. The number of nitrogens with one attached hydrogen (secondary N) is 2. The van der Waals surface area contributed by atoms with Crippen molar-refractivity contribution < 1.29 is 9.18 Å². The average molecular weight is 338 g/mol. The van der Waals surface area contributed by atoms with Gasteiger partial charge >= 0.3 is 0 Å². The van der Waals surface area contributed by atoms with Gasteiger partial charge in [-0.15, -0.1) is 0 Å². The van der Waals surface area contributed by atoms with Gasteiger partial charge in [-0.1, -0.05) is 42.0 Å². The Labute approximate surface area is 145 Å². The number of amides is 1. The number of aryl methyl sites for hydroxylation is 1. The lowest BCUT2D eigenvalue weighted by Gasteiger charge is -2.04. The van der Waals surface area contributed by atoms with Gasteiger partial charge < -0.3 is 5.32 Å². The van der Waals surface area contributed by atoms with Crippen molar-refractivity contribution in [3.05, 3.63) is 82.7 Å². The van der Waals surface area contributed by atoms with Crippen molar-refractivity contribution in [2.24, 2.45) is 0 Å². The first-order valence-corrected chi connectivity index (χ1v) is 8.05. The van der Waals surface area contributed by atoms with E-state index < -0.39 is 0 Å². The summed E-state index contributed by atoms with van der Waals surface area (Å²) in [4.78, 5) is 16.3. The third-order valence-electron chi connectivity index (χ3n) is 3.75. The Hall–Kier alpha value is -3.02. The van der Waals surface area contributed by atoms with Crippen LogP contribution in [0.5, 0.6) is 0 Å². The van der Waals surface area contributed by atoms with E-state index in [0.29, 0.717) is 24.6 Å². The molecule has 0 saturated carbocycles. The second-order valence-corrected chi connectivity index (χ2v) is 5.94. The molecule has 0 bridgehead atoms. The maximum atomic E-state index is 12.9. The molecule has 1 heterocycles. The Morgan fingerprint density at radius 1 is 1.16 bits per heavy atom. The van der Waals surface area contributed by atoms with Gasteiger partial charge in [-0.25, -0.2) is 9.37 Å². The number of carbonyl (C=O) groups excluding carboxylic acids is 1. The molecule has 0 atom stereocenters. The summed E-state index contributed by atoms with van der Waals surface area (Å²) >= 11 is 0. The van der Waals surface area contributed by atoms with Crippen LogP contribution in [0.2, 0.25) is 0 Å².